The third-order valence-corrected chi connectivity index (χ3v) is 4.93. The Bertz CT molecular complexity index is 774. The van der Waals surface area contributed by atoms with Crippen LogP contribution in [0.4, 0.5) is 0 Å². The number of alkyl halides is 1. The summed E-state index contributed by atoms with van der Waals surface area (Å²) in [6.07, 6.45) is 2.61. The number of thioether (sulfide) groups is 1. The van der Waals surface area contributed by atoms with Crippen molar-refractivity contribution in [3.8, 4) is 0 Å². The molecular formula is C16H13ClO2S. The van der Waals surface area contributed by atoms with E-state index in [1.165, 1.54) is 0 Å². The summed E-state index contributed by atoms with van der Waals surface area (Å²) in [6.45, 7) is 3.97. The molecule has 1 aliphatic rings. The van der Waals surface area contributed by atoms with Gasteiger partial charge >= 0.3 is 5.63 Å². The van der Waals surface area contributed by atoms with Crippen molar-refractivity contribution in [3.63, 3.8) is 0 Å². The minimum atomic E-state index is -0.250. The molecule has 1 aromatic carbocycles. The fraction of sp³-hybridized carbons (Fsp3) is 0.188. The molecule has 4 heteroatoms. The zero-order chi connectivity index (χ0) is 14.1. The van der Waals surface area contributed by atoms with Crippen LogP contribution in [0.3, 0.4) is 0 Å². The van der Waals surface area contributed by atoms with Gasteiger partial charge in [0.15, 0.2) is 0 Å². The van der Waals surface area contributed by atoms with Crippen molar-refractivity contribution < 1.29 is 4.42 Å². The van der Waals surface area contributed by atoms with E-state index in [1.54, 1.807) is 11.8 Å². The first-order valence-corrected chi connectivity index (χ1v) is 7.83. The second kappa shape index (κ2) is 5.51. The van der Waals surface area contributed by atoms with Gasteiger partial charge in [-0.25, -0.2) is 4.79 Å². The molecule has 0 aliphatic carbocycles. The van der Waals surface area contributed by atoms with Crippen LogP contribution in [0, 0.1) is 0 Å². The molecule has 2 aromatic rings. The molecule has 102 valence electrons. The van der Waals surface area contributed by atoms with E-state index in [0.717, 1.165) is 32.7 Å². The van der Waals surface area contributed by atoms with Gasteiger partial charge in [-0.1, -0.05) is 30.9 Å². The van der Waals surface area contributed by atoms with Crippen LogP contribution in [0.1, 0.15) is 5.56 Å². The van der Waals surface area contributed by atoms with E-state index in [0.29, 0.717) is 17.9 Å². The van der Waals surface area contributed by atoms with Gasteiger partial charge in [0.1, 0.15) is 5.58 Å². The number of benzene rings is 1. The van der Waals surface area contributed by atoms with Gasteiger partial charge in [0, 0.05) is 21.9 Å². The van der Waals surface area contributed by atoms with Gasteiger partial charge < -0.3 is 4.42 Å². The standard InChI is InChI=1S/C16H13ClO2S/c1-10(8-17)11-6-7-13-15(20-9-11)12-4-2-3-5-14(12)19-16(13)18/h2-6H,1,7-9H2. The minimum Gasteiger partial charge on any atom is -0.422 e. The molecule has 3 rings (SSSR count). The van der Waals surface area contributed by atoms with Crippen molar-refractivity contribution in [2.75, 3.05) is 11.6 Å². The molecule has 1 aliphatic heterocycles. The molecule has 0 atom stereocenters. The topological polar surface area (TPSA) is 30.2 Å². The van der Waals surface area contributed by atoms with Gasteiger partial charge in [-0.15, -0.1) is 23.4 Å². The predicted octanol–water partition coefficient (Wildman–Crippen LogP) is 4.16. The Labute approximate surface area is 126 Å². The number of halogens is 1. The van der Waals surface area contributed by atoms with E-state index in [9.17, 15) is 4.79 Å². The van der Waals surface area contributed by atoms with Crippen molar-refractivity contribution in [2.45, 2.75) is 11.3 Å². The van der Waals surface area contributed by atoms with Gasteiger partial charge in [0.05, 0.1) is 5.56 Å². The summed E-state index contributed by atoms with van der Waals surface area (Å²) in [4.78, 5) is 13.1. The van der Waals surface area contributed by atoms with Crippen LogP contribution in [0.15, 0.2) is 62.2 Å². The SMILES string of the molecule is C=C(CCl)C1=CCc2c(c3ccccc3oc2=O)SC1. The minimum absolute atomic E-state index is 0.250. The van der Waals surface area contributed by atoms with Gasteiger partial charge in [-0.05, 0) is 23.6 Å². The summed E-state index contributed by atoms with van der Waals surface area (Å²) < 4.78 is 5.39. The molecule has 2 nitrogen and oxygen atoms in total. The van der Waals surface area contributed by atoms with Crippen LogP contribution in [0.25, 0.3) is 11.0 Å². The fourth-order valence-corrected chi connectivity index (χ4v) is 3.73. The van der Waals surface area contributed by atoms with E-state index < -0.39 is 0 Å². The zero-order valence-electron chi connectivity index (χ0n) is 10.8. The first kappa shape index (κ1) is 13.5. The van der Waals surface area contributed by atoms with Crippen LogP contribution >= 0.6 is 23.4 Å². The molecule has 0 saturated heterocycles. The number of rotatable bonds is 2. The highest BCUT2D eigenvalue weighted by Gasteiger charge is 2.18. The van der Waals surface area contributed by atoms with E-state index in [2.05, 4.69) is 6.58 Å². The third-order valence-electron chi connectivity index (χ3n) is 3.39. The van der Waals surface area contributed by atoms with Crippen molar-refractivity contribution in [3.05, 3.63) is 64.1 Å². The maximum absolute atomic E-state index is 12.1. The number of allylic oxidation sites excluding steroid dienone is 2. The number of hydrogen-bond acceptors (Lipinski definition) is 3. The van der Waals surface area contributed by atoms with E-state index >= 15 is 0 Å². The maximum atomic E-state index is 12.1. The second-order valence-corrected chi connectivity index (χ2v) is 5.91. The van der Waals surface area contributed by atoms with Gasteiger partial charge in [-0.2, -0.15) is 0 Å². The Morgan fingerprint density at radius 3 is 3.00 bits per heavy atom. The average Bonchev–Trinajstić information content (AvgIpc) is 2.70. The quantitative estimate of drug-likeness (QED) is 0.616. The highest BCUT2D eigenvalue weighted by Crippen LogP contribution is 2.34. The lowest BCUT2D eigenvalue weighted by Crippen LogP contribution is -2.08. The molecule has 0 spiro atoms. The van der Waals surface area contributed by atoms with Crippen LogP contribution in [0.2, 0.25) is 0 Å². The molecule has 20 heavy (non-hydrogen) atoms. The second-order valence-electron chi connectivity index (χ2n) is 4.65. The molecule has 2 heterocycles. The molecular weight excluding hydrogens is 292 g/mol. The Morgan fingerprint density at radius 2 is 2.20 bits per heavy atom. The Hall–Kier alpha value is -1.45. The highest BCUT2D eigenvalue weighted by atomic mass is 35.5. The van der Waals surface area contributed by atoms with E-state index in [1.807, 2.05) is 30.3 Å². The van der Waals surface area contributed by atoms with Crippen LogP contribution in [0.5, 0.6) is 0 Å². The Kier molecular flexibility index (Phi) is 3.72. The van der Waals surface area contributed by atoms with Crippen LogP contribution < -0.4 is 5.63 Å². The van der Waals surface area contributed by atoms with Crippen molar-refractivity contribution >= 4 is 34.3 Å². The highest BCUT2D eigenvalue weighted by molar-refractivity contribution is 7.99. The molecule has 0 bridgehead atoms. The van der Waals surface area contributed by atoms with E-state index in [-0.39, 0.29) is 5.63 Å². The number of fused-ring (bicyclic) bond motifs is 3. The molecule has 0 N–H and O–H groups in total. The summed E-state index contributed by atoms with van der Waals surface area (Å²) in [5.41, 5.74) is 3.15. The first-order valence-electron chi connectivity index (χ1n) is 6.31. The Morgan fingerprint density at radius 1 is 1.40 bits per heavy atom. The smallest absolute Gasteiger partial charge is 0.340 e. The van der Waals surface area contributed by atoms with E-state index in [4.69, 9.17) is 16.0 Å². The molecule has 0 fully saturated rings. The summed E-state index contributed by atoms with van der Waals surface area (Å²) in [5.74, 6) is 1.20. The van der Waals surface area contributed by atoms with Crippen LogP contribution in [-0.4, -0.2) is 11.6 Å². The first-order chi connectivity index (χ1) is 9.70. The average molecular weight is 305 g/mol. The Balaban J connectivity index is 2.13. The molecule has 0 unspecified atom stereocenters. The zero-order valence-corrected chi connectivity index (χ0v) is 12.4. The summed E-state index contributed by atoms with van der Waals surface area (Å²) in [6, 6.07) is 7.65. The van der Waals surface area contributed by atoms with Gasteiger partial charge in [0.25, 0.3) is 0 Å². The lowest BCUT2D eigenvalue weighted by molar-refractivity contribution is 0.548. The third kappa shape index (κ3) is 2.32. The molecule has 0 amide bonds. The molecule has 0 saturated carbocycles. The number of para-hydroxylation sites is 1. The summed E-state index contributed by atoms with van der Waals surface area (Å²) in [5, 5.41) is 0.998. The fourth-order valence-electron chi connectivity index (χ4n) is 2.27. The van der Waals surface area contributed by atoms with Crippen LogP contribution in [-0.2, 0) is 6.42 Å². The van der Waals surface area contributed by atoms with Gasteiger partial charge in [-0.3, -0.25) is 0 Å². The summed E-state index contributed by atoms with van der Waals surface area (Å²) in [7, 11) is 0. The van der Waals surface area contributed by atoms with Crippen molar-refractivity contribution in [1.29, 1.82) is 0 Å². The lowest BCUT2D eigenvalue weighted by atomic mass is 10.1. The summed E-state index contributed by atoms with van der Waals surface area (Å²) >= 11 is 7.50. The predicted molar refractivity (Wildman–Crippen MR) is 84.9 cm³/mol. The number of hydrogen-bond donors (Lipinski definition) is 0. The normalized spacial score (nSPS) is 14.6. The lowest BCUT2D eigenvalue weighted by Gasteiger charge is -2.08. The van der Waals surface area contributed by atoms with Crippen molar-refractivity contribution in [2.24, 2.45) is 0 Å². The largest absolute Gasteiger partial charge is 0.422 e. The van der Waals surface area contributed by atoms with Gasteiger partial charge in [0.2, 0.25) is 0 Å². The molecule has 1 aromatic heterocycles. The molecule has 0 radical (unpaired) electrons. The maximum Gasteiger partial charge on any atom is 0.340 e. The van der Waals surface area contributed by atoms with Crippen molar-refractivity contribution in [1.82, 2.24) is 0 Å². The monoisotopic (exact) mass is 304 g/mol.